The molecule has 1 saturated heterocycles. The molecule has 1 aliphatic rings. The van der Waals surface area contributed by atoms with Crippen molar-refractivity contribution < 1.29 is 0 Å². The Balaban J connectivity index is 1.79. The van der Waals surface area contributed by atoms with E-state index in [1.54, 1.807) is 0 Å². The molecule has 1 fully saturated rings. The number of nitrogens with zero attached hydrogens (tertiary/aromatic N) is 3. The highest BCUT2D eigenvalue weighted by Gasteiger charge is 2.26. The van der Waals surface area contributed by atoms with Gasteiger partial charge in [0.25, 0.3) is 0 Å². The Kier molecular flexibility index (Phi) is 6.54. The molecular weight excluding hydrogens is 248 g/mol. The van der Waals surface area contributed by atoms with Crippen LogP contribution in [-0.4, -0.2) is 46.2 Å². The first kappa shape index (κ1) is 15.5. The summed E-state index contributed by atoms with van der Waals surface area (Å²) >= 11 is 0. The van der Waals surface area contributed by atoms with Gasteiger partial charge < -0.3 is 9.88 Å². The minimum Gasteiger partial charge on any atom is -0.337 e. The van der Waals surface area contributed by atoms with Gasteiger partial charge in [-0.3, -0.25) is 4.90 Å². The highest BCUT2D eigenvalue weighted by molar-refractivity contribution is 4.86. The normalized spacial score (nSPS) is 24.1. The number of piperazine rings is 1. The molecule has 0 aliphatic carbocycles. The SMILES string of the molecule is CCCC1CN(CCCn2ccnc2)C(CCC)CN1. The second-order valence-corrected chi connectivity index (χ2v) is 5.99. The largest absolute Gasteiger partial charge is 0.337 e. The number of aryl methyl sites for hydroxylation is 1. The number of hydrogen-bond donors (Lipinski definition) is 1. The van der Waals surface area contributed by atoms with Crippen LogP contribution in [-0.2, 0) is 6.54 Å². The van der Waals surface area contributed by atoms with Crippen molar-refractivity contribution in [1.82, 2.24) is 19.8 Å². The minimum atomic E-state index is 0.696. The van der Waals surface area contributed by atoms with Gasteiger partial charge in [0, 0.05) is 50.7 Å². The summed E-state index contributed by atoms with van der Waals surface area (Å²) in [6.07, 6.45) is 12.2. The molecule has 0 bridgehead atoms. The van der Waals surface area contributed by atoms with E-state index in [2.05, 4.69) is 39.8 Å². The van der Waals surface area contributed by atoms with Gasteiger partial charge in [-0.2, -0.15) is 0 Å². The quantitative estimate of drug-likeness (QED) is 0.793. The summed E-state index contributed by atoms with van der Waals surface area (Å²) in [7, 11) is 0. The fraction of sp³-hybridized carbons (Fsp3) is 0.812. The molecule has 1 aromatic heterocycles. The fourth-order valence-electron chi connectivity index (χ4n) is 3.24. The van der Waals surface area contributed by atoms with E-state index in [0.29, 0.717) is 6.04 Å². The van der Waals surface area contributed by atoms with E-state index in [9.17, 15) is 0 Å². The lowest BCUT2D eigenvalue weighted by Crippen LogP contribution is -2.56. The number of rotatable bonds is 8. The molecule has 20 heavy (non-hydrogen) atoms. The summed E-state index contributed by atoms with van der Waals surface area (Å²) in [5.74, 6) is 0. The van der Waals surface area contributed by atoms with Gasteiger partial charge in [-0.05, 0) is 19.3 Å². The number of nitrogens with one attached hydrogen (secondary N) is 1. The molecule has 0 aromatic carbocycles. The second kappa shape index (κ2) is 8.42. The van der Waals surface area contributed by atoms with Crippen LogP contribution in [0.25, 0.3) is 0 Å². The van der Waals surface area contributed by atoms with Gasteiger partial charge in [0.15, 0.2) is 0 Å². The van der Waals surface area contributed by atoms with Crippen molar-refractivity contribution in [3.8, 4) is 0 Å². The van der Waals surface area contributed by atoms with Crippen LogP contribution in [0.2, 0.25) is 0 Å². The third kappa shape index (κ3) is 4.60. The third-order valence-electron chi connectivity index (χ3n) is 4.29. The molecule has 0 radical (unpaired) electrons. The maximum Gasteiger partial charge on any atom is 0.0945 e. The zero-order valence-corrected chi connectivity index (χ0v) is 13.1. The first-order chi connectivity index (χ1) is 9.83. The molecule has 2 rings (SSSR count). The molecule has 114 valence electrons. The zero-order chi connectivity index (χ0) is 14.2. The van der Waals surface area contributed by atoms with E-state index >= 15 is 0 Å². The van der Waals surface area contributed by atoms with Crippen LogP contribution < -0.4 is 5.32 Å². The molecule has 0 saturated carbocycles. The van der Waals surface area contributed by atoms with E-state index in [-0.39, 0.29) is 0 Å². The highest BCUT2D eigenvalue weighted by atomic mass is 15.2. The molecule has 4 nitrogen and oxygen atoms in total. The minimum absolute atomic E-state index is 0.696. The van der Waals surface area contributed by atoms with Crippen molar-refractivity contribution in [3.63, 3.8) is 0 Å². The van der Waals surface area contributed by atoms with Crippen LogP contribution in [0.5, 0.6) is 0 Å². The molecule has 4 heteroatoms. The topological polar surface area (TPSA) is 33.1 Å². The molecule has 1 aromatic rings. The Morgan fingerprint density at radius 3 is 2.75 bits per heavy atom. The Morgan fingerprint density at radius 2 is 2.05 bits per heavy atom. The van der Waals surface area contributed by atoms with Crippen molar-refractivity contribution in [2.24, 2.45) is 0 Å². The maximum absolute atomic E-state index is 4.11. The summed E-state index contributed by atoms with van der Waals surface area (Å²) < 4.78 is 2.18. The average molecular weight is 278 g/mol. The zero-order valence-electron chi connectivity index (χ0n) is 13.1. The molecule has 2 heterocycles. The molecule has 1 N–H and O–H groups in total. The molecule has 2 atom stereocenters. The van der Waals surface area contributed by atoms with Crippen LogP contribution in [0.1, 0.15) is 46.0 Å². The van der Waals surface area contributed by atoms with Gasteiger partial charge in [0.1, 0.15) is 0 Å². The van der Waals surface area contributed by atoms with Crippen LogP contribution in [0.4, 0.5) is 0 Å². The van der Waals surface area contributed by atoms with Gasteiger partial charge >= 0.3 is 0 Å². The summed E-state index contributed by atoms with van der Waals surface area (Å²) in [4.78, 5) is 6.83. The van der Waals surface area contributed by atoms with Crippen LogP contribution in [0.15, 0.2) is 18.7 Å². The van der Waals surface area contributed by atoms with Gasteiger partial charge in [-0.1, -0.05) is 26.7 Å². The lowest BCUT2D eigenvalue weighted by molar-refractivity contribution is 0.116. The van der Waals surface area contributed by atoms with E-state index < -0.39 is 0 Å². The Bertz CT molecular complexity index is 349. The smallest absolute Gasteiger partial charge is 0.0945 e. The maximum atomic E-state index is 4.11. The van der Waals surface area contributed by atoms with E-state index in [4.69, 9.17) is 0 Å². The Morgan fingerprint density at radius 1 is 1.20 bits per heavy atom. The molecular formula is C16H30N4. The summed E-state index contributed by atoms with van der Waals surface area (Å²) in [6, 6.07) is 1.43. The van der Waals surface area contributed by atoms with Crippen molar-refractivity contribution in [3.05, 3.63) is 18.7 Å². The van der Waals surface area contributed by atoms with Crippen LogP contribution in [0.3, 0.4) is 0 Å². The van der Waals surface area contributed by atoms with Crippen LogP contribution >= 0.6 is 0 Å². The number of hydrogen-bond acceptors (Lipinski definition) is 3. The van der Waals surface area contributed by atoms with Crippen molar-refractivity contribution >= 4 is 0 Å². The monoisotopic (exact) mass is 278 g/mol. The molecule has 1 aliphatic heterocycles. The number of imidazole rings is 1. The van der Waals surface area contributed by atoms with Gasteiger partial charge in [-0.15, -0.1) is 0 Å². The highest BCUT2D eigenvalue weighted by Crippen LogP contribution is 2.15. The van der Waals surface area contributed by atoms with Gasteiger partial charge in [0.2, 0.25) is 0 Å². The number of aromatic nitrogens is 2. The summed E-state index contributed by atoms with van der Waals surface area (Å²) in [5, 5.41) is 3.73. The first-order valence-corrected chi connectivity index (χ1v) is 8.26. The Hall–Kier alpha value is -0.870. The van der Waals surface area contributed by atoms with Gasteiger partial charge in [0.05, 0.1) is 6.33 Å². The van der Waals surface area contributed by atoms with E-state index in [0.717, 1.165) is 12.6 Å². The predicted octanol–water partition coefficient (Wildman–Crippen LogP) is 2.52. The lowest BCUT2D eigenvalue weighted by atomic mass is 10.0. The average Bonchev–Trinajstić information content (AvgIpc) is 2.95. The van der Waals surface area contributed by atoms with Crippen molar-refractivity contribution in [2.45, 2.75) is 64.6 Å². The van der Waals surface area contributed by atoms with Crippen LogP contribution in [0, 0.1) is 0 Å². The fourth-order valence-corrected chi connectivity index (χ4v) is 3.24. The molecule has 2 unspecified atom stereocenters. The molecule has 0 amide bonds. The molecule has 0 spiro atoms. The lowest BCUT2D eigenvalue weighted by Gasteiger charge is -2.40. The Labute approximate surface area is 123 Å². The van der Waals surface area contributed by atoms with Crippen molar-refractivity contribution in [2.75, 3.05) is 19.6 Å². The summed E-state index contributed by atoms with van der Waals surface area (Å²) in [5.41, 5.74) is 0. The van der Waals surface area contributed by atoms with Crippen molar-refractivity contribution in [1.29, 1.82) is 0 Å². The third-order valence-corrected chi connectivity index (χ3v) is 4.29. The van der Waals surface area contributed by atoms with E-state index in [1.165, 1.54) is 51.7 Å². The van der Waals surface area contributed by atoms with E-state index in [1.807, 2.05) is 12.5 Å². The predicted molar refractivity (Wildman–Crippen MR) is 83.8 cm³/mol. The standard InChI is InChI=1S/C16H30N4/c1-3-6-15-13-20(16(7-4-2)12-18-15)10-5-9-19-11-8-17-14-19/h8,11,14-16,18H,3-7,9-10,12-13H2,1-2H3. The van der Waals surface area contributed by atoms with Gasteiger partial charge in [-0.25, -0.2) is 4.98 Å². The first-order valence-electron chi connectivity index (χ1n) is 8.26. The second-order valence-electron chi connectivity index (χ2n) is 5.99. The summed E-state index contributed by atoms with van der Waals surface area (Å²) in [6.45, 7) is 9.27.